The van der Waals surface area contributed by atoms with Gasteiger partial charge in [-0.2, -0.15) is 0 Å². The van der Waals surface area contributed by atoms with Gasteiger partial charge in [-0.1, -0.05) is 19.1 Å². The van der Waals surface area contributed by atoms with E-state index in [0.717, 1.165) is 24.8 Å². The van der Waals surface area contributed by atoms with Crippen LogP contribution >= 0.6 is 12.4 Å². The molecule has 6 heteroatoms. The maximum absolute atomic E-state index is 13.5. The Bertz CT molecular complexity index is 557. The minimum atomic E-state index is -0.394. The Morgan fingerprint density at radius 1 is 1.43 bits per heavy atom. The Morgan fingerprint density at radius 3 is 2.87 bits per heavy atom. The Labute approximate surface area is 142 Å². The zero-order valence-electron chi connectivity index (χ0n) is 13.3. The van der Waals surface area contributed by atoms with Crippen molar-refractivity contribution in [1.82, 2.24) is 4.90 Å². The van der Waals surface area contributed by atoms with Crippen LogP contribution in [0, 0.1) is 11.7 Å². The zero-order valence-corrected chi connectivity index (χ0v) is 14.1. The van der Waals surface area contributed by atoms with Crippen LogP contribution in [0.4, 0.5) is 4.39 Å². The lowest BCUT2D eigenvalue weighted by Gasteiger charge is -2.27. The van der Waals surface area contributed by atoms with E-state index in [0.29, 0.717) is 19.0 Å². The van der Waals surface area contributed by atoms with Gasteiger partial charge in [0.15, 0.2) is 0 Å². The molecule has 2 aliphatic rings. The molecule has 2 saturated heterocycles. The number of ether oxygens (including phenoxy) is 1. The highest BCUT2D eigenvalue weighted by atomic mass is 35.5. The topological polar surface area (TPSA) is 55.6 Å². The summed E-state index contributed by atoms with van der Waals surface area (Å²) in [7, 11) is 0. The third-order valence-electron chi connectivity index (χ3n) is 4.67. The Hall–Kier alpha value is -1.17. The van der Waals surface area contributed by atoms with Gasteiger partial charge >= 0.3 is 0 Å². The number of rotatable bonds is 3. The van der Waals surface area contributed by atoms with Gasteiger partial charge in [0.05, 0.1) is 12.1 Å². The number of benzene rings is 1. The van der Waals surface area contributed by atoms with Crippen molar-refractivity contribution in [3.8, 4) is 0 Å². The van der Waals surface area contributed by atoms with Gasteiger partial charge < -0.3 is 15.4 Å². The maximum atomic E-state index is 13.5. The molecule has 0 radical (unpaired) electrons. The molecule has 0 aromatic heterocycles. The van der Waals surface area contributed by atoms with E-state index in [-0.39, 0.29) is 36.3 Å². The van der Waals surface area contributed by atoms with E-state index in [1.54, 1.807) is 6.07 Å². The largest absolute Gasteiger partial charge is 0.364 e. The van der Waals surface area contributed by atoms with Crippen LogP contribution in [0.3, 0.4) is 0 Å². The summed E-state index contributed by atoms with van der Waals surface area (Å²) in [6, 6.07) is 6.50. The molecular weight excluding hydrogens is 319 g/mol. The summed E-state index contributed by atoms with van der Waals surface area (Å²) in [6.07, 6.45) is 2.02. The number of nitrogens with two attached hydrogens (primary N) is 1. The highest BCUT2D eigenvalue weighted by Crippen LogP contribution is 2.37. The van der Waals surface area contributed by atoms with Crippen molar-refractivity contribution in [2.24, 2.45) is 11.7 Å². The fraction of sp³-hybridized carbons (Fsp3) is 0.588. The Kier molecular flexibility index (Phi) is 6.00. The van der Waals surface area contributed by atoms with Crippen LogP contribution in [-0.2, 0) is 9.53 Å². The second kappa shape index (κ2) is 7.60. The molecule has 2 aliphatic heterocycles. The Balaban J connectivity index is 0.00000192. The van der Waals surface area contributed by atoms with Crippen LogP contribution in [0.25, 0.3) is 0 Å². The summed E-state index contributed by atoms with van der Waals surface area (Å²) in [5.41, 5.74) is 6.48. The first-order chi connectivity index (χ1) is 10.6. The van der Waals surface area contributed by atoms with Crippen molar-refractivity contribution in [2.75, 3.05) is 13.1 Å². The lowest BCUT2D eigenvalue weighted by molar-refractivity contribution is -0.143. The summed E-state index contributed by atoms with van der Waals surface area (Å²) in [4.78, 5) is 14.7. The van der Waals surface area contributed by atoms with Crippen molar-refractivity contribution in [3.63, 3.8) is 0 Å². The number of carbonyl (C=O) groups excluding carboxylic acids is 1. The highest BCUT2D eigenvalue weighted by Gasteiger charge is 2.40. The minimum Gasteiger partial charge on any atom is -0.364 e. The number of nitrogens with zero attached hydrogens (tertiary/aromatic N) is 1. The number of halogens is 2. The van der Waals surface area contributed by atoms with Gasteiger partial charge in [0.2, 0.25) is 0 Å². The molecule has 0 aliphatic carbocycles. The van der Waals surface area contributed by atoms with Crippen molar-refractivity contribution >= 4 is 18.3 Å². The highest BCUT2D eigenvalue weighted by molar-refractivity contribution is 5.85. The molecule has 2 heterocycles. The van der Waals surface area contributed by atoms with E-state index < -0.39 is 6.10 Å². The fourth-order valence-electron chi connectivity index (χ4n) is 3.57. The molecular formula is C17H24ClFN2O2. The van der Waals surface area contributed by atoms with Gasteiger partial charge in [-0.15, -0.1) is 12.4 Å². The number of likely N-dealkylation sites (tertiary alicyclic amines) is 1. The standard InChI is InChI=1S/C17H23FN2O2.ClH/c1-11-7-15(12-3-2-4-13(18)8-12)20(10-11)17(21)16-6-5-14(9-19)22-16;/h2-4,8,11,14-16H,5-7,9-10,19H2,1H3;1H/t11?,14-,15?,16+;/m1./s1. The third kappa shape index (κ3) is 3.84. The van der Waals surface area contributed by atoms with Gasteiger partial charge in [-0.05, 0) is 42.9 Å². The molecule has 128 valence electrons. The molecule has 2 unspecified atom stereocenters. The first-order valence-electron chi connectivity index (χ1n) is 8.00. The molecule has 2 N–H and O–H groups in total. The van der Waals surface area contributed by atoms with Gasteiger partial charge in [0.1, 0.15) is 11.9 Å². The molecule has 0 spiro atoms. The van der Waals surface area contributed by atoms with Crippen LogP contribution in [0.5, 0.6) is 0 Å². The monoisotopic (exact) mass is 342 g/mol. The summed E-state index contributed by atoms with van der Waals surface area (Å²) < 4.78 is 19.2. The Morgan fingerprint density at radius 2 is 2.22 bits per heavy atom. The van der Waals surface area contributed by atoms with Gasteiger partial charge in [-0.3, -0.25) is 4.79 Å². The van der Waals surface area contributed by atoms with Gasteiger partial charge in [0, 0.05) is 13.1 Å². The molecule has 2 fully saturated rings. The average molecular weight is 343 g/mol. The van der Waals surface area contributed by atoms with Crippen LogP contribution < -0.4 is 5.73 Å². The van der Waals surface area contributed by atoms with Crippen molar-refractivity contribution in [1.29, 1.82) is 0 Å². The SMILES string of the molecule is CC1CC(c2cccc(F)c2)N(C(=O)[C@@H]2CC[C@H](CN)O2)C1.Cl. The quantitative estimate of drug-likeness (QED) is 0.918. The molecule has 1 aromatic rings. The third-order valence-corrected chi connectivity index (χ3v) is 4.67. The molecule has 4 atom stereocenters. The maximum Gasteiger partial charge on any atom is 0.252 e. The predicted molar refractivity (Wildman–Crippen MR) is 88.8 cm³/mol. The summed E-state index contributed by atoms with van der Waals surface area (Å²) in [6.45, 7) is 3.28. The van der Waals surface area contributed by atoms with E-state index in [1.807, 2.05) is 11.0 Å². The number of hydrogen-bond acceptors (Lipinski definition) is 3. The van der Waals surface area contributed by atoms with Crippen LogP contribution in [-0.4, -0.2) is 36.1 Å². The fourth-order valence-corrected chi connectivity index (χ4v) is 3.57. The first-order valence-corrected chi connectivity index (χ1v) is 8.00. The average Bonchev–Trinajstić information content (AvgIpc) is 3.13. The van der Waals surface area contributed by atoms with Crippen molar-refractivity contribution in [3.05, 3.63) is 35.6 Å². The van der Waals surface area contributed by atoms with E-state index in [4.69, 9.17) is 10.5 Å². The van der Waals surface area contributed by atoms with E-state index in [1.165, 1.54) is 12.1 Å². The summed E-state index contributed by atoms with van der Waals surface area (Å²) in [5.74, 6) is 0.170. The number of amides is 1. The molecule has 4 nitrogen and oxygen atoms in total. The second-order valence-electron chi connectivity index (χ2n) is 6.46. The molecule has 0 saturated carbocycles. The normalized spacial score (nSPS) is 30.3. The summed E-state index contributed by atoms with van der Waals surface area (Å²) >= 11 is 0. The lowest BCUT2D eigenvalue weighted by Crippen LogP contribution is -2.39. The molecule has 1 aromatic carbocycles. The minimum absolute atomic E-state index is 0. The number of carbonyl (C=O) groups is 1. The van der Waals surface area contributed by atoms with Crippen LogP contribution in [0.2, 0.25) is 0 Å². The van der Waals surface area contributed by atoms with E-state index in [9.17, 15) is 9.18 Å². The molecule has 3 rings (SSSR count). The van der Waals surface area contributed by atoms with Gasteiger partial charge in [0.25, 0.3) is 5.91 Å². The van der Waals surface area contributed by atoms with Crippen LogP contribution in [0.1, 0.15) is 37.8 Å². The van der Waals surface area contributed by atoms with Crippen LogP contribution in [0.15, 0.2) is 24.3 Å². The number of hydrogen-bond donors (Lipinski definition) is 1. The second-order valence-corrected chi connectivity index (χ2v) is 6.46. The summed E-state index contributed by atoms with van der Waals surface area (Å²) in [5, 5.41) is 0. The molecule has 0 bridgehead atoms. The predicted octanol–water partition coefficient (Wildman–Crippen LogP) is 2.66. The van der Waals surface area contributed by atoms with Crippen molar-refractivity contribution < 1.29 is 13.9 Å². The van der Waals surface area contributed by atoms with E-state index in [2.05, 4.69) is 6.92 Å². The first kappa shape index (κ1) is 18.2. The lowest BCUT2D eigenvalue weighted by atomic mass is 10.0. The smallest absolute Gasteiger partial charge is 0.252 e. The van der Waals surface area contributed by atoms with Gasteiger partial charge in [-0.25, -0.2) is 4.39 Å². The van der Waals surface area contributed by atoms with E-state index >= 15 is 0 Å². The van der Waals surface area contributed by atoms with Crippen molar-refractivity contribution in [2.45, 2.75) is 44.4 Å². The molecule has 1 amide bonds. The molecule has 23 heavy (non-hydrogen) atoms. The zero-order chi connectivity index (χ0) is 15.7.